The first-order valence-corrected chi connectivity index (χ1v) is 8.52. The van der Waals surface area contributed by atoms with Gasteiger partial charge in [0.2, 0.25) is 0 Å². The summed E-state index contributed by atoms with van der Waals surface area (Å²) in [5.41, 5.74) is 2.78. The molecule has 0 radical (unpaired) electrons. The molecule has 0 N–H and O–H groups in total. The number of hydrogen-bond donors (Lipinski definition) is 0. The van der Waals surface area contributed by atoms with E-state index in [0.717, 1.165) is 37.4 Å². The molecule has 5 nitrogen and oxygen atoms in total. The van der Waals surface area contributed by atoms with E-state index in [4.69, 9.17) is 4.74 Å². The molecule has 0 spiro atoms. The molecular weight excluding hydrogens is 302 g/mol. The van der Waals surface area contributed by atoms with Crippen molar-refractivity contribution >= 4 is 5.91 Å². The van der Waals surface area contributed by atoms with Crippen LogP contribution >= 0.6 is 0 Å². The van der Waals surface area contributed by atoms with Crippen molar-refractivity contribution < 1.29 is 9.53 Å². The molecule has 2 aromatic rings. The van der Waals surface area contributed by atoms with Crippen molar-refractivity contribution in [2.24, 2.45) is 13.0 Å². The van der Waals surface area contributed by atoms with Gasteiger partial charge in [-0.2, -0.15) is 5.10 Å². The van der Waals surface area contributed by atoms with Crippen LogP contribution in [0.15, 0.2) is 30.3 Å². The molecule has 128 valence electrons. The fourth-order valence-electron chi connectivity index (χ4n) is 3.06. The van der Waals surface area contributed by atoms with Crippen molar-refractivity contribution in [3.63, 3.8) is 0 Å². The number of carbonyl (C=O) groups excluding carboxylic acids is 1. The third-order valence-corrected chi connectivity index (χ3v) is 4.72. The smallest absolute Gasteiger partial charge is 0.274 e. The first kappa shape index (κ1) is 16.6. The summed E-state index contributed by atoms with van der Waals surface area (Å²) in [5, 5.41) is 4.29. The van der Waals surface area contributed by atoms with Gasteiger partial charge in [0.05, 0.1) is 6.61 Å². The van der Waals surface area contributed by atoms with Crippen molar-refractivity contribution in [3.8, 4) is 5.75 Å². The van der Waals surface area contributed by atoms with Crippen LogP contribution in [0.5, 0.6) is 5.75 Å². The lowest BCUT2D eigenvalue weighted by Crippen LogP contribution is -2.29. The van der Waals surface area contributed by atoms with Gasteiger partial charge in [0.25, 0.3) is 5.91 Å². The number of benzene rings is 1. The Balaban J connectivity index is 1.46. The Morgan fingerprint density at radius 2 is 2.04 bits per heavy atom. The molecule has 24 heavy (non-hydrogen) atoms. The summed E-state index contributed by atoms with van der Waals surface area (Å²) in [6, 6.07) is 9.98. The second kappa shape index (κ2) is 7.07. The molecule has 1 aromatic carbocycles. The van der Waals surface area contributed by atoms with Gasteiger partial charge in [-0.15, -0.1) is 0 Å². The topological polar surface area (TPSA) is 47.4 Å². The van der Waals surface area contributed by atoms with Crippen LogP contribution in [0.25, 0.3) is 0 Å². The SMILES string of the molecule is Cc1ccc(OCC[C@H]2CCN(C(=O)c3cc(C)n(C)n3)C2)cc1. The van der Waals surface area contributed by atoms with E-state index in [1.165, 1.54) is 5.56 Å². The lowest BCUT2D eigenvalue weighted by atomic mass is 10.1. The fraction of sp³-hybridized carbons (Fsp3) is 0.474. The Morgan fingerprint density at radius 1 is 1.29 bits per heavy atom. The average Bonchev–Trinajstić information content (AvgIpc) is 3.16. The van der Waals surface area contributed by atoms with Crippen LogP contribution in [-0.2, 0) is 7.05 Å². The van der Waals surface area contributed by atoms with Crippen molar-refractivity contribution in [1.29, 1.82) is 0 Å². The van der Waals surface area contributed by atoms with E-state index < -0.39 is 0 Å². The van der Waals surface area contributed by atoms with E-state index in [1.54, 1.807) is 4.68 Å². The third-order valence-electron chi connectivity index (χ3n) is 4.72. The normalized spacial score (nSPS) is 17.3. The molecule has 0 aliphatic carbocycles. The van der Waals surface area contributed by atoms with E-state index in [0.29, 0.717) is 18.2 Å². The minimum atomic E-state index is 0.0423. The molecule has 0 unspecified atom stereocenters. The highest BCUT2D eigenvalue weighted by Gasteiger charge is 2.28. The molecular formula is C19H25N3O2. The van der Waals surface area contributed by atoms with Crippen LogP contribution in [0.2, 0.25) is 0 Å². The van der Waals surface area contributed by atoms with Crippen LogP contribution in [-0.4, -0.2) is 40.3 Å². The Bertz CT molecular complexity index is 686. The lowest BCUT2D eigenvalue weighted by molar-refractivity contribution is 0.0778. The van der Waals surface area contributed by atoms with Crippen molar-refractivity contribution in [2.75, 3.05) is 19.7 Å². The molecule has 0 bridgehead atoms. The van der Waals surface area contributed by atoms with Gasteiger partial charge in [0.15, 0.2) is 5.69 Å². The summed E-state index contributed by atoms with van der Waals surface area (Å²) in [5.74, 6) is 1.46. The van der Waals surface area contributed by atoms with Crippen molar-refractivity contribution in [1.82, 2.24) is 14.7 Å². The van der Waals surface area contributed by atoms with E-state index >= 15 is 0 Å². The highest BCUT2D eigenvalue weighted by molar-refractivity contribution is 5.92. The zero-order valence-corrected chi connectivity index (χ0v) is 14.7. The number of aromatic nitrogens is 2. The van der Waals surface area contributed by atoms with Crippen LogP contribution in [0.1, 0.15) is 34.6 Å². The maximum Gasteiger partial charge on any atom is 0.274 e. The highest BCUT2D eigenvalue weighted by Crippen LogP contribution is 2.22. The molecule has 0 saturated carbocycles. The average molecular weight is 327 g/mol. The molecule has 1 aliphatic rings. The van der Waals surface area contributed by atoms with Crippen LogP contribution < -0.4 is 4.74 Å². The van der Waals surface area contributed by atoms with Crippen LogP contribution in [0.4, 0.5) is 0 Å². The van der Waals surface area contributed by atoms with Crippen LogP contribution in [0.3, 0.4) is 0 Å². The zero-order valence-electron chi connectivity index (χ0n) is 14.7. The predicted molar refractivity (Wildman–Crippen MR) is 93.2 cm³/mol. The maximum atomic E-state index is 12.5. The summed E-state index contributed by atoms with van der Waals surface area (Å²) in [6.45, 7) is 6.32. The van der Waals surface area contributed by atoms with Gasteiger partial charge in [-0.1, -0.05) is 17.7 Å². The number of hydrogen-bond acceptors (Lipinski definition) is 3. The fourth-order valence-corrected chi connectivity index (χ4v) is 3.06. The Kier molecular flexibility index (Phi) is 4.88. The lowest BCUT2D eigenvalue weighted by Gasteiger charge is -2.15. The second-order valence-electron chi connectivity index (χ2n) is 6.65. The van der Waals surface area contributed by atoms with Gasteiger partial charge in [0, 0.05) is 25.8 Å². The number of carbonyl (C=O) groups is 1. The van der Waals surface area contributed by atoms with Crippen LogP contribution in [0, 0.1) is 19.8 Å². The standard InChI is InChI=1S/C19H25N3O2/c1-14-4-6-17(7-5-14)24-11-9-16-8-10-22(13-16)19(23)18-12-15(2)21(3)20-18/h4-7,12,16H,8-11,13H2,1-3H3/t16-/m1/s1. The number of ether oxygens (including phenoxy) is 1. The van der Waals surface area contributed by atoms with Crippen molar-refractivity contribution in [2.45, 2.75) is 26.7 Å². The predicted octanol–water partition coefficient (Wildman–Crippen LogP) is 2.97. The van der Waals surface area contributed by atoms with Gasteiger partial charge in [-0.05, 0) is 50.8 Å². The number of nitrogens with zero attached hydrogens (tertiary/aromatic N) is 3. The molecule has 1 aromatic heterocycles. The summed E-state index contributed by atoms with van der Waals surface area (Å²) >= 11 is 0. The van der Waals surface area contributed by atoms with Gasteiger partial charge in [0.1, 0.15) is 5.75 Å². The molecule has 3 rings (SSSR count). The summed E-state index contributed by atoms with van der Waals surface area (Å²) in [4.78, 5) is 14.4. The molecule has 5 heteroatoms. The van der Waals surface area contributed by atoms with Gasteiger partial charge in [-0.25, -0.2) is 0 Å². The Hall–Kier alpha value is -2.30. The molecule has 1 amide bonds. The van der Waals surface area contributed by atoms with Gasteiger partial charge < -0.3 is 9.64 Å². The highest BCUT2D eigenvalue weighted by atomic mass is 16.5. The molecule has 2 heterocycles. The number of aryl methyl sites for hydroxylation is 3. The number of amides is 1. The molecule has 1 atom stereocenters. The largest absolute Gasteiger partial charge is 0.494 e. The summed E-state index contributed by atoms with van der Waals surface area (Å²) in [6.07, 6.45) is 2.01. The Morgan fingerprint density at radius 3 is 2.71 bits per heavy atom. The summed E-state index contributed by atoms with van der Waals surface area (Å²) in [7, 11) is 1.86. The van der Waals surface area contributed by atoms with E-state index in [9.17, 15) is 4.79 Å². The Labute approximate surface area is 143 Å². The molecule has 1 saturated heterocycles. The number of rotatable bonds is 5. The monoisotopic (exact) mass is 327 g/mol. The minimum absolute atomic E-state index is 0.0423. The van der Waals surface area contributed by atoms with Gasteiger partial charge in [-0.3, -0.25) is 9.48 Å². The quantitative estimate of drug-likeness (QED) is 0.848. The molecule has 1 fully saturated rings. The van der Waals surface area contributed by atoms with Gasteiger partial charge >= 0.3 is 0 Å². The third kappa shape index (κ3) is 3.78. The zero-order chi connectivity index (χ0) is 17.1. The first-order chi connectivity index (χ1) is 11.5. The van der Waals surface area contributed by atoms with Crippen molar-refractivity contribution in [3.05, 3.63) is 47.3 Å². The summed E-state index contributed by atoms with van der Waals surface area (Å²) < 4.78 is 7.55. The number of likely N-dealkylation sites (tertiary alicyclic amines) is 1. The van der Waals surface area contributed by atoms with E-state index in [2.05, 4.69) is 24.2 Å². The first-order valence-electron chi connectivity index (χ1n) is 8.52. The second-order valence-corrected chi connectivity index (χ2v) is 6.65. The molecule has 1 aliphatic heterocycles. The maximum absolute atomic E-state index is 12.5. The van der Waals surface area contributed by atoms with E-state index in [-0.39, 0.29) is 5.91 Å². The minimum Gasteiger partial charge on any atom is -0.494 e. The van der Waals surface area contributed by atoms with E-state index in [1.807, 2.05) is 37.1 Å².